The van der Waals surface area contributed by atoms with E-state index in [1.807, 2.05) is 56.3 Å². The number of fused-ring (bicyclic) bond motifs is 1. The Balaban J connectivity index is 1.56. The molecule has 37 heavy (non-hydrogen) atoms. The van der Waals surface area contributed by atoms with Gasteiger partial charge in [0.1, 0.15) is 11.8 Å². The van der Waals surface area contributed by atoms with E-state index in [2.05, 4.69) is 10.0 Å². The fourth-order valence-corrected chi connectivity index (χ4v) is 5.64. The van der Waals surface area contributed by atoms with Gasteiger partial charge in [0.25, 0.3) is 10.0 Å². The van der Waals surface area contributed by atoms with Crippen LogP contribution in [0.25, 0.3) is 0 Å². The summed E-state index contributed by atoms with van der Waals surface area (Å²) in [5, 5.41) is 2.60. The van der Waals surface area contributed by atoms with Crippen molar-refractivity contribution in [2.24, 2.45) is 0 Å². The van der Waals surface area contributed by atoms with Crippen LogP contribution in [0.3, 0.4) is 0 Å². The van der Waals surface area contributed by atoms with Crippen molar-refractivity contribution in [1.82, 2.24) is 10.0 Å². The number of amides is 3. The zero-order valence-electron chi connectivity index (χ0n) is 21.1. The third-order valence-electron chi connectivity index (χ3n) is 6.33. The van der Waals surface area contributed by atoms with Crippen molar-refractivity contribution in [2.45, 2.75) is 43.5 Å². The Hall–Kier alpha value is -3.85. The van der Waals surface area contributed by atoms with E-state index in [-0.39, 0.29) is 23.1 Å². The molecule has 0 saturated carbocycles. The molecular weight excluding hydrogens is 490 g/mol. The van der Waals surface area contributed by atoms with Crippen LogP contribution in [0.2, 0.25) is 0 Å². The van der Waals surface area contributed by atoms with Gasteiger partial charge in [-0.2, -0.15) is 0 Å². The van der Waals surface area contributed by atoms with Gasteiger partial charge in [-0.1, -0.05) is 62.4 Å². The number of sulfonamides is 1. The molecule has 0 spiro atoms. The van der Waals surface area contributed by atoms with Gasteiger partial charge in [0.15, 0.2) is 0 Å². The fraction of sp³-hybridized carbons (Fsp3) is 0.286. The van der Waals surface area contributed by atoms with Gasteiger partial charge < -0.3 is 15.0 Å². The Morgan fingerprint density at radius 3 is 2.43 bits per heavy atom. The molecule has 1 aliphatic rings. The monoisotopic (exact) mass is 521 g/mol. The summed E-state index contributed by atoms with van der Waals surface area (Å²) >= 11 is 0. The van der Waals surface area contributed by atoms with Gasteiger partial charge in [0.05, 0.1) is 11.5 Å². The van der Waals surface area contributed by atoms with Crippen molar-refractivity contribution < 1.29 is 22.7 Å². The molecule has 0 fully saturated rings. The van der Waals surface area contributed by atoms with E-state index in [1.54, 1.807) is 31.3 Å². The number of anilines is 1. The molecule has 1 atom stereocenters. The first kappa shape index (κ1) is 26.2. The molecule has 3 aromatic rings. The van der Waals surface area contributed by atoms with Gasteiger partial charge in [0, 0.05) is 25.6 Å². The molecule has 0 radical (unpaired) electrons. The van der Waals surface area contributed by atoms with Gasteiger partial charge in [-0.05, 0) is 46.9 Å². The molecule has 9 heteroatoms. The standard InChI is InChI=1S/C28H31N3O5S/c1-19(2)23-11-7-8-12-26(23)37(34,35)30-28(33)29-24(17-20-9-5-4-6-10-20)27(32)31(3)22-13-14-25-21(18-22)15-16-36-25/h4-14,18-19,24H,15-17H2,1-3H3,(H2,29,30,33)/t24-/m0/s1. The van der Waals surface area contributed by atoms with Crippen LogP contribution in [0, 0.1) is 0 Å². The molecule has 1 heterocycles. The van der Waals surface area contributed by atoms with Crippen LogP contribution >= 0.6 is 0 Å². The van der Waals surface area contributed by atoms with E-state index in [0.29, 0.717) is 17.9 Å². The lowest BCUT2D eigenvalue weighted by Crippen LogP contribution is -2.52. The predicted octanol–water partition coefficient (Wildman–Crippen LogP) is 4.01. The second-order valence-corrected chi connectivity index (χ2v) is 11.0. The summed E-state index contributed by atoms with van der Waals surface area (Å²) in [5.74, 6) is 0.363. The zero-order valence-corrected chi connectivity index (χ0v) is 21.9. The molecule has 194 valence electrons. The van der Waals surface area contributed by atoms with Crippen LogP contribution < -0.4 is 19.7 Å². The second kappa shape index (κ2) is 11.0. The van der Waals surface area contributed by atoms with Crippen molar-refractivity contribution >= 4 is 27.6 Å². The number of carbonyl (C=O) groups excluding carboxylic acids is 2. The molecule has 4 rings (SSSR count). The first-order valence-electron chi connectivity index (χ1n) is 12.1. The molecule has 3 amide bonds. The summed E-state index contributed by atoms with van der Waals surface area (Å²) in [6.07, 6.45) is 0.948. The minimum atomic E-state index is -4.16. The highest BCUT2D eigenvalue weighted by atomic mass is 32.2. The largest absolute Gasteiger partial charge is 0.493 e. The molecule has 0 bridgehead atoms. The van der Waals surface area contributed by atoms with Gasteiger partial charge in [0.2, 0.25) is 5.91 Å². The SMILES string of the molecule is CC(C)c1ccccc1S(=O)(=O)NC(=O)N[C@@H](Cc1ccccc1)C(=O)N(C)c1ccc2c(c1)CCO2. The Bertz CT molecular complexity index is 1390. The summed E-state index contributed by atoms with van der Waals surface area (Å²) in [7, 11) is -2.53. The quantitative estimate of drug-likeness (QED) is 0.466. The van der Waals surface area contributed by atoms with Gasteiger partial charge >= 0.3 is 6.03 Å². The highest BCUT2D eigenvalue weighted by Gasteiger charge is 2.29. The molecule has 2 N–H and O–H groups in total. The zero-order chi connectivity index (χ0) is 26.6. The maximum Gasteiger partial charge on any atom is 0.329 e. The van der Waals surface area contributed by atoms with Crippen molar-refractivity contribution in [1.29, 1.82) is 0 Å². The number of benzene rings is 3. The van der Waals surface area contributed by atoms with Crippen molar-refractivity contribution in [2.75, 3.05) is 18.6 Å². The van der Waals surface area contributed by atoms with Crippen LogP contribution in [0.1, 0.15) is 36.5 Å². The average Bonchev–Trinajstić information content (AvgIpc) is 3.36. The maximum atomic E-state index is 13.6. The summed E-state index contributed by atoms with van der Waals surface area (Å²) < 4.78 is 33.8. The van der Waals surface area contributed by atoms with Crippen LogP contribution in [0.5, 0.6) is 5.75 Å². The van der Waals surface area contributed by atoms with E-state index in [4.69, 9.17) is 4.74 Å². The van der Waals surface area contributed by atoms with E-state index >= 15 is 0 Å². The number of likely N-dealkylation sites (N-methyl/N-ethyl adjacent to an activating group) is 1. The Morgan fingerprint density at radius 1 is 1.00 bits per heavy atom. The van der Waals surface area contributed by atoms with Crippen molar-refractivity contribution in [3.8, 4) is 5.75 Å². The Kier molecular flexibility index (Phi) is 7.83. The molecular formula is C28H31N3O5S. The minimum absolute atomic E-state index is 0.0311. The third-order valence-corrected chi connectivity index (χ3v) is 7.74. The van der Waals surface area contributed by atoms with Crippen LogP contribution in [-0.4, -0.2) is 40.1 Å². The molecule has 0 aromatic heterocycles. The number of hydrogen-bond donors (Lipinski definition) is 2. The third kappa shape index (κ3) is 6.11. The maximum absolute atomic E-state index is 13.6. The lowest BCUT2D eigenvalue weighted by atomic mass is 10.0. The number of carbonyl (C=O) groups is 2. The number of ether oxygens (including phenoxy) is 1. The summed E-state index contributed by atoms with van der Waals surface area (Å²) in [6, 6.07) is 19.3. The molecule has 1 aliphatic heterocycles. The molecule has 0 saturated heterocycles. The van der Waals surface area contributed by atoms with Crippen molar-refractivity contribution in [3.63, 3.8) is 0 Å². The fourth-order valence-electron chi connectivity index (χ4n) is 4.36. The number of rotatable bonds is 8. The van der Waals surface area contributed by atoms with Crippen molar-refractivity contribution in [3.05, 3.63) is 89.5 Å². The van der Waals surface area contributed by atoms with E-state index in [9.17, 15) is 18.0 Å². The van der Waals surface area contributed by atoms with Gasteiger partial charge in [-0.25, -0.2) is 17.9 Å². The van der Waals surface area contributed by atoms with Gasteiger partial charge in [-0.15, -0.1) is 0 Å². The lowest BCUT2D eigenvalue weighted by molar-refractivity contribution is -0.120. The van der Waals surface area contributed by atoms with Crippen LogP contribution in [0.15, 0.2) is 77.7 Å². The Labute approximate surface area is 217 Å². The van der Waals surface area contributed by atoms with Gasteiger partial charge in [-0.3, -0.25) is 4.79 Å². The summed E-state index contributed by atoms with van der Waals surface area (Å²) in [6.45, 7) is 4.36. The average molecular weight is 522 g/mol. The van der Waals surface area contributed by atoms with E-state index in [0.717, 1.165) is 23.3 Å². The molecule has 3 aromatic carbocycles. The van der Waals surface area contributed by atoms with E-state index in [1.165, 1.54) is 11.0 Å². The first-order valence-corrected chi connectivity index (χ1v) is 13.6. The van der Waals surface area contributed by atoms with Crippen LogP contribution in [0.4, 0.5) is 10.5 Å². The van der Waals surface area contributed by atoms with E-state index < -0.39 is 22.1 Å². The Morgan fingerprint density at radius 2 is 1.70 bits per heavy atom. The second-order valence-electron chi connectivity index (χ2n) is 9.30. The predicted molar refractivity (Wildman–Crippen MR) is 142 cm³/mol. The molecule has 0 aliphatic carbocycles. The number of hydrogen-bond acceptors (Lipinski definition) is 5. The number of nitrogens with zero attached hydrogens (tertiary/aromatic N) is 1. The molecule has 0 unspecified atom stereocenters. The number of nitrogens with one attached hydrogen (secondary N) is 2. The highest BCUT2D eigenvalue weighted by Crippen LogP contribution is 2.29. The minimum Gasteiger partial charge on any atom is -0.493 e. The summed E-state index contributed by atoms with van der Waals surface area (Å²) in [4.78, 5) is 28.0. The summed E-state index contributed by atoms with van der Waals surface area (Å²) in [5.41, 5.74) is 3.09. The normalized spacial score (nSPS) is 13.4. The lowest BCUT2D eigenvalue weighted by Gasteiger charge is -2.25. The van der Waals surface area contributed by atoms with Crippen LogP contribution in [-0.2, 0) is 27.7 Å². The molecule has 8 nitrogen and oxygen atoms in total. The smallest absolute Gasteiger partial charge is 0.329 e. The first-order chi connectivity index (χ1) is 17.7. The highest BCUT2D eigenvalue weighted by molar-refractivity contribution is 7.90. The number of urea groups is 1. The topological polar surface area (TPSA) is 105 Å².